The van der Waals surface area contributed by atoms with Gasteiger partial charge in [0.2, 0.25) is 0 Å². The summed E-state index contributed by atoms with van der Waals surface area (Å²) in [4.78, 5) is 14.5. The number of quaternary nitrogens is 1. The van der Waals surface area contributed by atoms with Crippen molar-refractivity contribution in [3.05, 3.63) is 58.3 Å². The Kier molecular flexibility index (Phi) is 4.80. The normalized spacial score (nSPS) is 32.8. The minimum Gasteiger partial charge on any atom is -0.345 e. The van der Waals surface area contributed by atoms with Gasteiger partial charge < -0.3 is 10.6 Å². The molecule has 4 bridgehead atoms. The highest BCUT2D eigenvalue weighted by Crippen LogP contribution is 2.55. The van der Waals surface area contributed by atoms with Gasteiger partial charge in [0, 0.05) is 11.1 Å². The zero-order valence-electron chi connectivity index (χ0n) is 16.6. The third-order valence-electron chi connectivity index (χ3n) is 7.33. The average Bonchev–Trinajstić information content (AvgIpc) is 3.19. The maximum atomic E-state index is 13.2. The third-order valence-corrected chi connectivity index (χ3v) is 8.29. The van der Waals surface area contributed by atoms with Crippen LogP contribution in [0, 0.1) is 17.8 Å². The molecule has 1 amide bonds. The highest BCUT2D eigenvalue weighted by Gasteiger charge is 2.52. The van der Waals surface area contributed by atoms with Gasteiger partial charge in [0.15, 0.2) is 6.04 Å². The van der Waals surface area contributed by atoms with Gasteiger partial charge in [0.1, 0.15) is 6.04 Å². The fourth-order valence-electron chi connectivity index (χ4n) is 6.51. The lowest BCUT2D eigenvalue weighted by Crippen LogP contribution is -2.93. The number of hydrogen-bond donors (Lipinski definition) is 2. The molecule has 2 aromatic rings. The van der Waals surface area contributed by atoms with E-state index in [-0.39, 0.29) is 23.5 Å². The number of hydrogen-bond acceptors (Lipinski definition) is 2. The first kappa shape index (κ1) is 18.4. The molecule has 1 aromatic heterocycles. The van der Waals surface area contributed by atoms with Gasteiger partial charge in [-0.05, 0) is 74.6 Å². The largest absolute Gasteiger partial charge is 0.345 e. The Morgan fingerprint density at radius 2 is 1.68 bits per heavy atom. The molecular formula is C24H31N2OS+. The summed E-state index contributed by atoms with van der Waals surface area (Å²) in [5, 5.41) is 7.93. The van der Waals surface area contributed by atoms with Crippen LogP contribution in [0.1, 0.15) is 61.9 Å². The monoisotopic (exact) mass is 395 g/mol. The van der Waals surface area contributed by atoms with Crippen molar-refractivity contribution >= 4 is 17.2 Å². The van der Waals surface area contributed by atoms with E-state index in [2.05, 4.69) is 65.4 Å². The number of carbonyl (C=O) groups is 1. The molecule has 0 saturated heterocycles. The van der Waals surface area contributed by atoms with Gasteiger partial charge in [-0.15, -0.1) is 11.3 Å². The van der Waals surface area contributed by atoms with Crippen LogP contribution >= 0.6 is 11.3 Å². The summed E-state index contributed by atoms with van der Waals surface area (Å²) in [6.45, 7) is 2.07. The second-order valence-corrected chi connectivity index (χ2v) is 10.6. The van der Waals surface area contributed by atoms with Crippen LogP contribution in [0.3, 0.4) is 0 Å². The van der Waals surface area contributed by atoms with Crippen LogP contribution in [-0.4, -0.2) is 17.5 Å². The number of rotatable bonds is 6. The zero-order chi connectivity index (χ0) is 19.1. The summed E-state index contributed by atoms with van der Waals surface area (Å²) in [5.41, 5.74) is 1.36. The molecular weight excluding hydrogens is 364 g/mol. The molecule has 28 heavy (non-hydrogen) atoms. The van der Waals surface area contributed by atoms with E-state index >= 15 is 0 Å². The molecule has 6 rings (SSSR count). The van der Waals surface area contributed by atoms with Gasteiger partial charge in [-0.1, -0.05) is 36.4 Å². The lowest BCUT2D eigenvalue weighted by Gasteiger charge is -2.57. The Morgan fingerprint density at radius 1 is 1.04 bits per heavy atom. The predicted molar refractivity (Wildman–Crippen MR) is 113 cm³/mol. The van der Waals surface area contributed by atoms with Gasteiger partial charge in [-0.25, -0.2) is 0 Å². The minimum absolute atomic E-state index is 0.0963. The van der Waals surface area contributed by atoms with Crippen LogP contribution < -0.4 is 10.6 Å². The summed E-state index contributed by atoms with van der Waals surface area (Å²) in [6, 6.07) is 14.9. The first-order valence-electron chi connectivity index (χ1n) is 10.9. The van der Waals surface area contributed by atoms with E-state index in [1.165, 1.54) is 49.0 Å². The van der Waals surface area contributed by atoms with Crippen molar-refractivity contribution in [1.29, 1.82) is 0 Å². The van der Waals surface area contributed by atoms with E-state index in [1.54, 1.807) is 11.3 Å². The van der Waals surface area contributed by atoms with Crippen LogP contribution in [-0.2, 0) is 4.79 Å². The molecule has 3 N–H and O–H groups in total. The number of nitrogens with one attached hydrogen (secondary N) is 1. The highest BCUT2D eigenvalue weighted by molar-refractivity contribution is 7.10. The molecule has 3 nitrogen and oxygen atoms in total. The number of carbonyl (C=O) groups excluding carboxylic acids is 1. The van der Waals surface area contributed by atoms with E-state index in [9.17, 15) is 4.79 Å². The lowest BCUT2D eigenvalue weighted by molar-refractivity contribution is -0.704. The first-order chi connectivity index (χ1) is 13.6. The summed E-state index contributed by atoms with van der Waals surface area (Å²) >= 11 is 1.77. The minimum atomic E-state index is -0.0969. The van der Waals surface area contributed by atoms with Gasteiger partial charge in [0.25, 0.3) is 5.91 Å². The maximum Gasteiger partial charge on any atom is 0.278 e. The van der Waals surface area contributed by atoms with Crippen molar-refractivity contribution in [3.8, 4) is 0 Å². The van der Waals surface area contributed by atoms with Crippen molar-refractivity contribution < 1.29 is 10.1 Å². The fraction of sp³-hybridized carbons (Fsp3) is 0.542. The Morgan fingerprint density at radius 3 is 2.25 bits per heavy atom. The van der Waals surface area contributed by atoms with Crippen molar-refractivity contribution in [3.63, 3.8) is 0 Å². The van der Waals surface area contributed by atoms with Gasteiger partial charge >= 0.3 is 0 Å². The van der Waals surface area contributed by atoms with Gasteiger partial charge in [0.05, 0.1) is 4.88 Å². The van der Waals surface area contributed by atoms with Crippen molar-refractivity contribution in [1.82, 2.24) is 5.32 Å². The van der Waals surface area contributed by atoms with E-state index < -0.39 is 0 Å². The van der Waals surface area contributed by atoms with Crippen LogP contribution in [0.15, 0.2) is 47.8 Å². The Bertz CT molecular complexity index is 781. The van der Waals surface area contributed by atoms with E-state index in [0.29, 0.717) is 0 Å². The second-order valence-electron chi connectivity index (χ2n) is 9.57. The summed E-state index contributed by atoms with van der Waals surface area (Å²) in [5.74, 6) is 2.79. The smallest absolute Gasteiger partial charge is 0.278 e. The molecule has 0 radical (unpaired) electrons. The Balaban J connectivity index is 1.30. The highest BCUT2D eigenvalue weighted by atomic mass is 32.1. The van der Waals surface area contributed by atoms with E-state index in [0.717, 1.165) is 17.8 Å². The molecule has 1 heterocycles. The lowest BCUT2D eigenvalue weighted by atomic mass is 9.53. The van der Waals surface area contributed by atoms with Crippen LogP contribution in [0.4, 0.5) is 0 Å². The fourth-order valence-corrected chi connectivity index (χ4v) is 7.35. The summed E-state index contributed by atoms with van der Waals surface area (Å²) < 4.78 is 0. The molecule has 0 unspecified atom stereocenters. The standard InChI is InChI=1S/C24H30N2OS/c1-16(25-22(21-8-5-9-28-21)20-6-3-2-4-7-20)23(27)26-24-13-17-10-18(14-24)12-19(11-17)15-24/h2-9,16-19,22,25H,10-15H2,1H3,(H,26,27)/p+1/t16-,17?,18?,19?,22+,24?/m1/s1. The molecule has 4 saturated carbocycles. The van der Waals surface area contributed by atoms with Crippen molar-refractivity contribution in [2.75, 3.05) is 0 Å². The molecule has 4 aliphatic rings. The first-order valence-corrected chi connectivity index (χ1v) is 11.7. The molecule has 0 spiro atoms. The summed E-state index contributed by atoms with van der Waals surface area (Å²) in [7, 11) is 0. The molecule has 148 valence electrons. The van der Waals surface area contributed by atoms with E-state index in [4.69, 9.17) is 0 Å². The second kappa shape index (κ2) is 7.31. The van der Waals surface area contributed by atoms with Crippen LogP contribution in [0.5, 0.6) is 0 Å². The molecule has 4 aliphatic carbocycles. The van der Waals surface area contributed by atoms with Gasteiger partial charge in [-0.3, -0.25) is 4.79 Å². The molecule has 1 aromatic carbocycles. The van der Waals surface area contributed by atoms with Crippen molar-refractivity contribution in [2.45, 2.75) is 63.1 Å². The molecule has 4 heteroatoms. The van der Waals surface area contributed by atoms with Gasteiger partial charge in [-0.2, -0.15) is 0 Å². The Labute approximate surface area is 171 Å². The Hall–Kier alpha value is -1.65. The molecule has 4 fully saturated rings. The summed E-state index contributed by atoms with van der Waals surface area (Å²) in [6.07, 6.45) is 7.86. The zero-order valence-corrected chi connectivity index (χ0v) is 17.5. The average molecular weight is 396 g/mol. The molecule has 0 aliphatic heterocycles. The van der Waals surface area contributed by atoms with Crippen LogP contribution in [0.2, 0.25) is 0 Å². The predicted octanol–water partition coefficient (Wildman–Crippen LogP) is 3.87. The number of amides is 1. The third kappa shape index (κ3) is 3.53. The molecule has 2 atom stereocenters. The number of nitrogens with two attached hydrogens (primary N) is 1. The number of benzene rings is 1. The number of thiophene rings is 1. The maximum absolute atomic E-state index is 13.2. The van der Waals surface area contributed by atoms with Crippen LogP contribution in [0.25, 0.3) is 0 Å². The topological polar surface area (TPSA) is 45.7 Å². The quantitative estimate of drug-likeness (QED) is 0.766. The SMILES string of the molecule is C[C@@H]([NH2+][C@@H](c1ccccc1)c1cccs1)C(=O)NC12CC3CC(CC(C3)C1)C2. The van der Waals surface area contributed by atoms with E-state index in [1.807, 2.05) is 0 Å². The van der Waals surface area contributed by atoms with Crippen molar-refractivity contribution in [2.24, 2.45) is 17.8 Å².